The summed E-state index contributed by atoms with van der Waals surface area (Å²) in [6, 6.07) is 12.9. The molecule has 0 aliphatic carbocycles. The second-order valence-corrected chi connectivity index (χ2v) is 4.79. The lowest BCUT2D eigenvalue weighted by molar-refractivity contribution is -0.122. The zero-order valence-electron chi connectivity index (χ0n) is 12.8. The summed E-state index contributed by atoms with van der Waals surface area (Å²) in [5.74, 6) is 1.22. The molecule has 0 spiro atoms. The fourth-order valence-corrected chi connectivity index (χ4v) is 2.01. The van der Waals surface area contributed by atoms with E-state index in [-0.39, 0.29) is 18.4 Å². The van der Waals surface area contributed by atoms with Crippen LogP contribution in [-0.2, 0) is 4.79 Å². The van der Waals surface area contributed by atoms with Crippen LogP contribution in [0, 0.1) is 0 Å². The number of para-hydroxylation sites is 2. The van der Waals surface area contributed by atoms with Crippen molar-refractivity contribution in [1.82, 2.24) is 10.3 Å². The molecular formula is C17H20N2O3. The van der Waals surface area contributed by atoms with Crippen molar-refractivity contribution in [1.29, 1.82) is 0 Å². The lowest BCUT2D eigenvalue weighted by Gasteiger charge is -2.14. The van der Waals surface area contributed by atoms with E-state index < -0.39 is 0 Å². The van der Waals surface area contributed by atoms with E-state index in [0.29, 0.717) is 18.1 Å². The fraction of sp³-hybridized carbons (Fsp3) is 0.294. The van der Waals surface area contributed by atoms with E-state index in [0.717, 1.165) is 5.69 Å². The first-order valence-electron chi connectivity index (χ1n) is 7.17. The van der Waals surface area contributed by atoms with Gasteiger partial charge in [0, 0.05) is 6.20 Å². The van der Waals surface area contributed by atoms with Gasteiger partial charge in [-0.05, 0) is 31.2 Å². The van der Waals surface area contributed by atoms with Crippen LogP contribution in [0.4, 0.5) is 0 Å². The van der Waals surface area contributed by atoms with Crippen LogP contribution in [-0.4, -0.2) is 24.6 Å². The summed E-state index contributed by atoms with van der Waals surface area (Å²) in [6.07, 6.45) is 1.98. The Kier molecular flexibility index (Phi) is 5.77. The van der Waals surface area contributed by atoms with Gasteiger partial charge in [0.2, 0.25) is 5.91 Å². The van der Waals surface area contributed by atoms with E-state index in [9.17, 15) is 4.79 Å². The van der Waals surface area contributed by atoms with Crippen LogP contribution in [0.5, 0.6) is 11.5 Å². The molecule has 0 fully saturated rings. The lowest BCUT2D eigenvalue weighted by Crippen LogP contribution is -2.28. The Balaban J connectivity index is 1.78. The van der Waals surface area contributed by atoms with Crippen LogP contribution in [0.25, 0.3) is 0 Å². The SMILES string of the molecule is COc1ccccc1OCCC(=O)NC(C)c1ccccn1. The zero-order chi connectivity index (χ0) is 15.8. The molecule has 0 aliphatic rings. The predicted octanol–water partition coefficient (Wildman–Crippen LogP) is 2.74. The molecule has 1 atom stereocenters. The van der Waals surface area contributed by atoms with Crippen molar-refractivity contribution in [3.05, 3.63) is 54.4 Å². The molecule has 1 heterocycles. The van der Waals surface area contributed by atoms with Crippen LogP contribution >= 0.6 is 0 Å². The van der Waals surface area contributed by atoms with Crippen LogP contribution in [0.3, 0.4) is 0 Å². The fourth-order valence-electron chi connectivity index (χ4n) is 2.01. The third-order valence-corrected chi connectivity index (χ3v) is 3.16. The van der Waals surface area contributed by atoms with Crippen molar-refractivity contribution >= 4 is 5.91 Å². The molecule has 5 nitrogen and oxygen atoms in total. The van der Waals surface area contributed by atoms with Gasteiger partial charge in [0.25, 0.3) is 0 Å². The Labute approximate surface area is 130 Å². The minimum atomic E-state index is -0.125. The second kappa shape index (κ2) is 8.02. The number of rotatable bonds is 7. The van der Waals surface area contributed by atoms with Gasteiger partial charge in [-0.1, -0.05) is 18.2 Å². The molecule has 0 saturated carbocycles. The predicted molar refractivity (Wildman–Crippen MR) is 83.9 cm³/mol. The highest BCUT2D eigenvalue weighted by Gasteiger charge is 2.10. The molecule has 1 aromatic heterocycles. The molecule has 2 rings (SSSR count). The van der Waals surface area contributed by atoms with Crippen LogP contribution in [0.1, 0.15) is 25.1 Å². The van der Waals surface area contributed by atoms with Crippen molar-refractivity contribution in [2.75, 3.05) is 13.7 Å². The first kappa shape index (κ1) is 15.8. The summed E-state index contributed by atoms with van der Waals surface area (Å²) in [5, 5.41) is 2.90. The summed E-state index contributed by atoms with van der Waals surface area (Å²) >= 11 is 0. The van der Waals surface area contributed by atoms with Crippen molar-refractivity contribution < 1.29 is 14.3 Å². The van der Waals surface area contributed by atoms with Gasteiger partial charge in [0.1, 0.15) is 0 Å². The third-order valence-electron chi connectivity index (χ3n) is 3.16. The summed E-state index contributed by atoms with van der Waals surface area (Å²) in [4.78, 5) is 16.1. The first-order chi connectivity index (χ1) is 10.7. The molecular weight excluding hydrogens is 280 g/mol. The summed E-state index contributed by atoms with van der Waals surface area (Å²) in [5.41, 5.74) is 0.835. The molecule has 1 unspecified atom stereocenters. The topological polar surface area (TPSA) is 60.5 Å². The van der Waals surface area contributed by atoms with Gasteiger partial charge in [-0.25, -0.2) is 0 Å². The van der Waals surface area contributed by atoms with E-state index >= 15 is 0 Å². The Morgan fingerprint density at radius 3 is 2.59 bits per heavy atom. The molecule has 116 valence electrons. The number of benzene rings is 1. The van der Waals surface area contributed by atoms with Crippen molar-refractivity contribution in [2.24, 2.45) is 0 Å². The number of nitrogens with one attached hydrogen (secondary N) is 1. The lowest BCUT2D eigenvalue weighted by atomic mass is 10.2. The second-order valence-electron chi connectivity index (χ2n) is 4.79. The van der Waals surface area contributed by atoms with E-state index in [1.165, 1.54) is 0 Å². The number of nitrogens with zero attached hydrogens (tertiary/aromatic N) is 1. The number of carbonyl (C=O) groups is 1. The number of amides is 1. The standard InChI is InChI=1S/C17H20N2O3/c1-13(14-7-5-6-11-18-14)19-17(20)10-12-22-16-9-4-3-8-15(16)21-2/h3-9,11,13H,10,12H2,1-2H3,(H,19,20). The zero-order valence-corrected chi connectivity index (χ0v) is 12.8. The van der Waals surface area contributed by atoms with E-state index in [1.807, 2.05) is 49.4 Å². The number of aromatic nitrogens is 1. The molecule has 22 heavy (non-hydrogen) atoms. The molecule has 0 saturated heterocycles. The van der Waals surface area contributed by atoms with E-state index in [4.69, 9.17) is 9.47 Å². The maximum absolute atomic E-state index is 11.9. The summed E-state index contributed by atoms with van der Waals surface area (Å²) in [6.45, 7) is 2.20. The van der Waals surface area contributed by atoms with Gasteiger partial charge >= 0.3 is 0 Å². The van der Waals surface area contributed by atoms with Gasteiger partial charge in [0.05, 0.1) is 31.9 Å². The molecule has 2 aromatic rings. The summed E-state index contributed by atoms with van der Waals surface area (Å²) < 4.78 is 10.8. The molecule has 0 radical (unpaired) electrons. The Bertz CT molecular complexity index is 602. The number of ether oxygens (including phenoxy) is 2. The Hall–Kier alpha value is -2.56. The highest BCUT2D eigenvalue weighted by atomic mass is 16.5. The number of carbonyl (C=O) groups excluding carboxylic acids is 1. The highest BCUT2D eigenvalue weighted by molar-refractivity contribution is 5.76. The van der Waals surface area contributed by atoms with Gasteiger partial charge < -0.3 is 14.8 Å². The smallest absolute Gasteiger partial charge is 0.223 e. The van der Waals surface area contributed by atoms with Crippen LogP contribution in [0.15, 0.2) is 48.7 Å². The normalized spacial score (nSPS) is 11.5. The van der Waals surface area contributed by atoms with Crippen molar-refractivity contribution in [2.45, 2.75) is 19.4 Å². The minimum Gasteiger partial charge on any atom is -0.493 e. The van der Waals surface area contributed by atoms with E-state index in [2.05, 4.69) is 10.3 Å². The van der Waals surface area contributed by atoms with Gasteiger partial charge in [0.15, 0.2) is 11.5 Å². The Morgan fingerprint density at radius 1 is 1.18 bits per heavy atom. The average Bonchev–Trinajstić information content (AvgIpc) is 2.56. The first-order valence-corrected chi connectivity index (χ1v) is 7.17. The largest absolute Gasteiger partial charge is 0.493 e. The van der Waals surface area contributed by atoms with Crippen molar-refractivity contribution in [3.8, 4) is 11.5 Å². The maximum Gasteiger partial charge on any atom is 0.223 e. The number of hydrogen-bond acceptors (Lipinski definition) is 4. The Morgan fingerprint density at radius 2 is 1.91 bits per heavy atom. The molecule has 1 amide bonds. The molecule has 1 N–H and O–H groups in total. The quantitative estimate of drug-likeness (QED) is 0.854. The molecule has 0 bridgehead atoms. The van der Waals surface area contributed by atoms with Gasteiger partial charge in [-0.3, -0.25) is 9.78 Å². The average molecular weight is 300 g/mol. The molecule has 0 aliphatic heterocycles. The molecule has 5 heteroatoms. The van der Waals surface area contributed by atoms with Crippen LogP contribution in [0.2, 0.25) is 0 Å². The highest BCUT2D eigenvalue weighted by Crippen LogP contribution is 2.25. The number of hydrogen-bond donors (Lipinski definition) is 1. The van der Waals surface area contributed by atoms with E-state index in [1.54, 1.807) is 13.3 Å². The van der Waals surface area contributed by atoms with Crippen molar-refractivity contribution in [3.63, 3.8) is 0 Å². The summed E-state index contributed by atoms with van der Waals surface area (Å²) in [7, 11) is 1.59. The minimum absolute atomic E-state index is 0.0759. The third kappa shape index (κ3) is 4.48. The van der Waals surface area contributed by atoms with Gasteiger partial charge in [-0.2, -0.15) is 0 Å². The number of pyridine rings is 1. The monoisotopic (exact) mass is 300 g/mol. The number of methoxy groups -OCH3 is 1. The van der Waals surface area contributed by atoms with Crippen LogP contribution < -0.4 is 14.8 Å². The maximum atomic E-state index is 11.9. The van der Waals surface area contributed by atoms with Gasteiger partial charge in [-0.15, -0.1) is 0 Å². The molecule has 1 aromatic carbocycles.